The molecular formula is C31H35N5O6S. The van der Waals surface area contributed by atoms with Gasteiger partial charge in [0.05, 0.1) is 23.8 Å². The number of carbonyl (C=O) groups excluding carboxylic acids is 1. The number of Topliss-reactive ketones (excluding diaryl/α,β-unsaturated/α-hetero) is 1. The van der Waals surface area contributed by atoms with Gasteiger partial charge >= 0.3 is 0 Å². The summed E-state index contributed by atoms with van der Waals surface area (Å²) >= 11 is 0. The summed E-state index contributed by atoms with van der Waals surface area (Å²) in [5.74, 6) is 1.51. The number of fused-ring (bicyclic) bond motifs is 1. The van der Waals surface area contributed by atoms with Crippen LogP contribution in [0.4, 0.5) is 0 Å². The third kappa shape index (κ3) is 6.55. The maximum Gasteiger partial charge on any atom is 0.279 e. The highest BCUT2D eigenvalue weighted by Gasteiger charge is 2.32. The minimum atomic E-state index is -3.96. The topological polar surface area (TPSA) is 147 Å². The number of aromatic amines is 2. The zero-order valence-electron chi connectivity index (χ0n) is 24.5. The first-order valence-corrected chi connectivity index (χ1v) is 15.9. The number of ether oxygens (including phenoxy) is 2. The Bertz CT molecular complexity index is 1830. The molecule has 2 N–H and O–H groups in total. The third-order valence-corrected chi connectivity index (χ3v) is 9.03. The van der Waals surface area contributed by atoms with Gasteiger partial charge in [0.15, 0.2) is 11.3 Å². The maximum absolute atomic E-state index is 13.8. The van der Waals surface area contributed by atoms with Crippen molar-refractivity contribution in [2.24, 2.45) is 0 Å². The number of hydrogen-bond donors (Lipinski definition) is 2. The standard InChI is InChI=1S/C31H35N5O6S/c1-4-7-25-29-30(35-34-25)31(38)33-28(32-29)18-21-17-24(12-13-27(21)42-6-3)43(39,40)36-15-14-26(37)22(19-36)16-20-8-10-23(11-9-20)41-5-2/h8-13,16-17H,4-7,14-15,18-19H2,1-3H3,(H,34,35)(H,32,33,38)/b22-16-. The molecule has 1 aliphatic rings. The second-order valence-electron chi connectivity index (χ2n) is 10.2. The van der Waals surface area contributed by atoms with E-state index in [0.717, 1.165) is 23.4 Å². The van der Waals surface area contributed by atoms with Crippen molar-refractivity contribution in [2.45, 2.75) is 51.3 Å². The lowest BCUT2D eigenvalue weighted by Gasteiger charge is -2.27. The number of H-pyrrole nitrogens is 2. The number of nitrogens with zero attached hydrogens (tertiary/aromatic N) is 3. The van der Waals surface area contributed by atoms with Crippen LogP contribution in [-0.2, 0) is 27.7 Å². The second-order valence-corrected chi connectivity index (χ2v) is 12.2. The summed E-state index contributed by atoms with van der Waals surface area (Å²) < 4.78 is 40.3. The molecule has 2 aromatic heterocycles. The highest BCUT2D eigenvalue weighted by Crippen LogP contribution is 2.29. The minimum absolute atomic E-state index is 0.0385. The van der Waals surface area contributed by atoms with Gasteiger partial charge in [-0.3, -0.25) is 14.7 Å². The Labute approximate surface area is 250 Å². The average molecular weight is 606 g/mol. The zero-order chi connectivity index (χ0) is 30.6. The van der Waals surface area contributed by atoms with E-state index >= 15 is 0 Å². The first kappa shape index (κ1) is 30.2. The van der Waals surface area contributed by atoms with Crippen molar-refractivity contribution >= 4 is 32.9 Å². The molecule has 43 heavy (non-hydrogen) atoms. The maximum atomic E-state index is 13.8. The lowest BCUT2D eigenvalue weighted by molar-refractivity contribution is -0.116. The molecule has 11 nitrogen and oxygen atoms in total. The third-order valence-electron chi connectivity index (χ3n) is 7.19. The Kier molecular flexibility index (Phi) is 9.07. The molecule has 0 saturated carbocycles. The lowest BCUT2D eigenvalue weighted by atomic mass is 10.0. The zero-order valence-corrected chi connectivity index (χ0v) is 25.3. The predicted octanol–water partition coefficient (Wildman–Crippen LogP) is 4.03. The van der Waals surface area contributed by atoms with Gasteiger partial charge in [-0.25, -0.2) is 13.4 Å². The number of hydrogen-bond acceptors (Lipinski definition) is 8. The predicted molar refractivity (Wildman–Crippen MR) is 163 cm³/mol. The summed E-state index contributed by atoms with van der Waals surface area (Å²) in [6.07, 6.45) is 3.50. The molecule has 5 rings (SSSR count). The molecule has 12 heteroatoms. The Morgan fingerprint density at radius 1 is 1.00 bits per heavy atom. The van der Waals surface area contributed by atoms with E-state index in [4.69, 9.17) is 9.47 Å². The molecule has 1 fully saturated rings. The number of nitrogens with one attached hydrogen (secondary N) is 2. The van der Waals surface area contributed by atoms with Crippen molar-refractivity contribution in [3.63, 3.8) is 0 Å². The Morgan fingerprint density at radius 3 is 2.49 bits per heavy atom. The molecule has 0 amide bonds. The van der Waals surface area contributed by atoms with Gasteiger partial charge in [0.25, 0.3) is 5.56 Å². The van der Waals surface area contributed by atoms with Crippen molar-refractivity contribution < 1.29 is 22.7 Å². The molecule has 1 saturated heterocycles. The van der Waals surface area contributed by atoms with Crippen LogP contribution in [0.2, 0.25) is 0 Å². The van der Waals surface area contributed by atoms with Crippen LogP contribution in [0.15, 0.2) is 57.7 Å². The fourth-order valence-electron chi connectivity index (χ4n) is 5.10. The average Bonchev–Trinajstić information content (AvgIpc) is 3.39. The van der Waals surface area contributed by atoms with Crippen LogP contribution in [-0.4, -0.2) is 65.0 Å². The van der Waals surface area contributed by atoms with Crippen LogP contribution >= 0.6 is 0 Å². The van der Waals surface area contributed by atoms with Crippen LogP contribution < -0.4 is 15.0 Å². The van der Waals surface area contributed by atoms with E-state index in [1.54, 1.807) is 18.2 Å². The molecule has 0 radical (unpaired) electrons. The number of aryl methyl sites for hydroxylation is 1. The van der Waals surface area contributed by atoms with Crippen LogP contribution in [0.1, 0.15) is 56.3 Å². The number of benzene rings is 2. The second kappa shape index (κ2) is 12.9. The highest BCUT2D eigenvalue weighted by atomic mass is 32.2. The summed E-state index contributed by atoms with van der Waals surface area (Å²) in [4.78, 5) is 33.0. The fourth-order valence-corrected chi connectivity index (χ4v) is 6.57. The van der Waals surface area contributed by atoms with Gasteiger partial charge in [-0.2, -0.15) is 9.40 Å². The van der Waals surface area contributed by atoms with Gasteiger partial charge in [-0.1, -0.05) is 25.5 Å². The SMILES string of the molecule is CCCc1[nH]nc2c(=O)[nH]c(Cc3cc(S(=O)(=O)N4CCC(=O)/C(=C\c5ccc(OCC)cc5)C4)ccc3OCC)nc12. The molecule has 3 heterocycles. The van der Waals surface area contributed by atoms with Crippen LogP contribution in [0, 0.1) is 0 Å². The number of rotatable bonds is 11. The van der Waals surface area contributed by atoms with E-state index in [1.807, 2.05) is 45.0 Å². The smallest absolute Gasteiger partial charge is 0.279 e. The monoisotopic (exact) mass is 605 g/mol. The van der Waals surface area contributed by atoms with E-state index in [0.29, 0.717) is 47.9 Å². The van der Waals surface area contributed by atoms with Crippen molar-refractivity contribution in [3.8, 4) is 11.5 Å². The van der Waals surface area contributed by atoms with Crippen molar-refractivity contribution in [1.82, 2.24) is 24.5 Å². The number of ketones is 1. The highest BCUT2D eigenvalue weighted by molar-refractivity contribution is 7.89. The molecule has 4 aromatic rings. The molecule has 0 aliphatic carbocycles. The number of aromatic nitrogens is 4. The van der Waals surface area contributed by atoms with Crippen molar-refractivity contribution in [1.29, 1.82) is 0 Å². The van der Waals surface area contributed by atoms with Crippen LogP contribution in [0.25, 0.3) is 17.1 Å². The molecule has 2 aromatic carbocycles. The largest absolute Gasteiger partial charge is 0.494 e. The van der Waals surface area contributed by atoms with Crippen LogP contribution in [0.5, 0.6) is 11.5 Å². The van der Waals surface area contributed by atoms with E-state index in [9.17, 15) is 18.0 Å². The summed E-state index contributed by atoms with van der Waals surface area (Å²) in [6.45, 7) is 6.73. The van der Waals surface area contributed by atoms with E-state index in [1.165, 1.54) is 10.4 Å². The van der Waals surface area contributed by atoms with Crippen LogP contribution in [0.3, 0.4) is 0 Å². The van der Waals surface area contributed by atoms with Crippen molar-refractivity contribution in [2.75, 3.05) is 26.3 Å². The van der Waals surface area contributed by atoms with Gasteiger partial charge in [-0.15, -0.1) is 0 Å². The van der Waals surface area contributed by atoms with E-state index in [-0.39, 0.29) is 47.7 Å². The van der Waals surface area contributed by atoms with Gasteiger partial charge < -0.3 is 14.5 Å². The summed E-state index contributed by atoms with van der Waals surface area (Å²) in [7, 11) is -3.96. The summed E-state index contributed by atoms with van der Waals surface area (Å²) in [6, 6.07) is 12.0. The van der Waals surface area contributed by atoms with Gasteiger partial charge in [-0.05, 0) is 62.2 Å². The quantitative estimate of drug-likeness (QED) is 0.244. The fraction of sp³-hybridized carbons (Fsp3) is 0.355. The van der Waals surface area contributed by atoms with Gasteiger partial charge in [0.2, 0.25) is 10.0 Å². The first-order valence-electron chi connectivity index (χ1n) is 14.4. The Morgan fingerprint density at radius 2 is 1.77 bits per heavy atom. The molecule has 0 bridgehead atoms. The van der Waals surface area contributed by atoms with Gasteiger partial charge in [0.1, 0.15) is 22.8 Å². The molecule has 0 unspecified atom stereocenters. The Hall–Kier alpha value is -4.29. The summed E-state index contributed by atoms with van der Waals surface area (Å²) in [5.41, 5.74) is 2.92. The van der Waals surface area contributed by atoms with E-state index in [2.05, 4.69) is 20.2 Å². The number of sulfonamides is 1. The number of piperidine rings is 1. The molecule has 0 atom stereocenters. The van der Waals surface area contributed by atoms with E-state index < -0.39 is 10.0 Å². The van der Waals surface area contributed by atoms with Gasteiger partial charge in [0, 0.05) is 37.1 Å². The minimum Gasteiger partial charge on any atom is -0.494 e. The lowest BCUT2D eigenvalue weighted by Crippen LogP contribution is -2.40. The Balaban J connectivity index is 1.44. The molecule has 226 valence electrons. The molecule has 1 aliphatic heterocycles. The summed E-state index contributed by atoms with van der Waals surface area (Å²) in [5, 5.41) is 7.00. The van der Waals surface area contributed by atoms with Crippen molar-refractivity contribution in [3.05, 3.63) is 81.0 Å². The normalized spacial score (nSPS) is 15.3. The molecular weight excluding hydrogens is 570 g/mol. The number of carbonyl (C=O) groups is 1. The first-order chi connectivity index (χ1) is 20.7. The molecule has 0 spiro atoms.